The molecule has 0 saturated heterocycles. The van der Waals surface area contributed by atoms with Gasteiger partial charge in [-0.2, -0.15) is 0 Å². The molecule has 3 N–H and O–H groups in total. The molecule has 1 amide bonds. The number of aryl methyl sites for hydroxylation is 1. The largest absolute Gasteiger partial charge is 0.496 e. The Hall–Kier alpha value is -2.09. The summed E-state index contributed by atoms with van der Waals surface area (Å²) in [5.41, 5.74) is 1.99. The lowest BCUT2D eigenvalue weighted by Gasteiger charge is -2.18. The van der Waals surface area contributed by atoms with Crippen molar-refractivity contribution in [3.05, 3.63) is 58.1 Å². The number of hydrogen-bond acceptors (Lipinski definition) is 4. The molecular weight excluding hydrogens is 364 g/mol. The van der Waals surface area contributed by atoms with Crippen LogP contribution in [0.1, 0.15) is 34.5 Å². The molecular formula is C17H19ClN2O4S. The van der Waals surface area contributed by atoms with Crippen molar-refractivity contribution in [2.24, 2.45) is 5.14 Å². The van der Waals surface area contributed by atoms with Gasteiger partial charge in [0.25, 0.3) is 5.91 Å². The second kappa shape index (κ2) is 7.43. The summed E-state index contributed by atoms with van der Waals surface area (Å²) < 4.78 is 28.4. The lowest BCUT2D eigenvalue weighted by atomic mass is 10.0. The molecule has 0 aliphatic rings. The third-order valence-corrected chi connectivity index (χ3v) is 5.09. The molecule has 8 heteroatoms. The van der Waals surface area contributed by atoms with Crippen LogP contribution in [0, 0.1) is 6.92 Å². The zero-order valence-electron chi connectivity index (χ0n) is 14.0. The Morgan fingerprint density at radius 3 is 2.52 bits per heavy atom. The monoisotopic (exact) mass is 382 g/mol. The van der Waals surface area contributed by atoms with Crippen LogP contribution in [-0.2, 0) is 10.0 Å². The van der Waals surface area contributed by atoms with Crippen molar-refractivity contribution < 1.29 is 17.9 Å². The van der Waals surface area contributed by atoms with Crippen LogP contribution in [0.25, 0.3) is 0 Å². The highest BCUT2D eigenvalue weighted by molar-refractivity contribution is 7.89. The molecule has 134 valence electrons. The van der Waals surface area contributed by atoms with Gasteiger partial charge in [-0.15, -0.1) is 0 Å². The number of nitrogens with one attached hydrogen (secondary N) is 1. The third kappa shape index (κ3) is 4.50. The number of nitrogens with two attached hydrogens (primary N) is 1. The SMILES string of the molecule is COc1ccc(C)cc1[C@H](C)NC(=O)c1ccc(Cl)c(S(N)(=O)=O)c1. The van der Waals surface area contributed by atoms with Gasteiger partial charge >= 0.3 is 0 Å². The minimum Gasteiger partial charge on any atom is -0.496 e. The van der Waals surface area contributed by atoms with Crippen molar-refractivity contribution in [1.29, 1.82) is 0 Å². The highest BCUT2D eigenvalue weighted by Gasteiger charge is 2.19. The van der Waals surface area contributed by atoms with Gasteiger partial charge in [-0.1, -0.05) is 29.3 Å². The fraction of sp³-hybridized carbons (Fsp3) is 0.235. The Balaban J connectivity index is 2.30. The minimum atomic E-state index is -4.02. The van der Waals surface area contributed by atoms with Gasteiger partial charge in [0.15, 0.2) is 0 Å². The van der Waals surface area contributed by atoms with Crippen molar-refractivity contribution in [3.8, 4) is 5.75 Å². The molecule has 0 unspecified atom stereocenters. The number of benzene rings is 2. The van der Waals surface area contributed by atoms with Crippen molar-refractivity contribution in [2.75, 3.05) is 7.11 Å². The van der Waals surface area contributed by atoms with Crippen LogP contribution in [-0.4, -0.2) is 21.4 Å². The lowest BCUT2D eigenvalue weighted by molar-refractivity contribution is 0.0939. The van der Waals surface area contributed by atoms with Gasteiger partial charge in [0.1, 0.15) is 10.6 Å². The van der Waals surface area contributed by atoms with Crippen molar-refractivity contribution in [1.82, 2.24) is 5.32 Å². The predicted molar refractivity (Wildman–Crippen MR) is 96.4 cm³/mol. The first-order valence-corrected chi connectivity index (χ1v) is 9.33. The van der Waals surface area contributed by atoms with Crippen LogP contribution in [0.4, 0.5) is 0 Å². The maximum Gasteiger partial charge on any atom is 0.251 e. The number of amides is 1. The number of primary sulfonamides is 1. The van der Waals surface area contributed by atoms with Crippen molar-refractivity contribution in [3.63, 3.8) is 0 Å². The van der Waals surface area contributed by atoms with Crippen LogP contribution in [0.3, 0.4) is 0 Å². The fourth-order valence-electron chi connectivity index (χ4n) is 2.41. The standard InChI is InChI=1S/C17H19ClN2O4S/c1-10-4-7-15(24-3)13(8-10)11(2)20-17(21)12-5-6-14(18)16(9-12)25(19,22)23/h4-9,11H,1-3H3,(H,20,21)(H2,19,22,23)/t11-/m0/s1. The van der Waals surface area contributed by atoms with Crippen LogP contribution in [0.5, 0.6) is 5.75 Å². The number of carbonyl (C=O) groups excluding carboxylic acids is 1. The lowest BCUT2D eigenvalue weighted by Crippen LogP contribution is -2.27. The number of ether oxygens (including phenoxy) is 1. The van der Waals surface area contributed by atoms with Crippen LogP contribution in [0.2, 0.25) is 5.02 Å². The van der Waals surface area contributed by atoms with E-state index < -0.39 is 15.9 Å². The number of methoxy groups -OCH3 is 1. The van der Waals surface area contributed by atoms with E-state index in [1.54, 1.807) is 7.11 Å². The summed E-state index contributed by atoms with van der Waals surface area (Å²) in [7, 11) is -2.46. The number of carbonyl (C=O) groups is 1. The maximum atomic E-state index is 12.5. The molecule has 0 spiro atoms. The van der Waals surface area contributed by atoms with E-state index in [-0.39, 0.29) is 21.5 Å². The summed E-state index contributed by atoms with van der Waals surface area (Å²) in [5.74, 6) is 0.206. The van der Waals surface area contributed by atoms with Crippen LogP contribution >= 0.6 is 11.6 Å². The first-order valence-electron chi connectivity index (χ1n) is 7.41. The average Bonchev–Trinajstić information content (AvgIpc) is 2.53. The normalized spacial score (nSPS) is 12.5. The van der Waals surface area contributed by atoms with Gasteiger partial charge < -0.3 is 10.1 Å². The second-order valence-electron chi connectivity index (χ2n) is 5.63. The Kier molecular flexibility index (Phi) is 5.72. The molecule has 25 heavy (non-hydrogen) atoms. The first-order chi connectivity index (χ1) is 11.6. The molecule has 0 fully saturated rings. The van der Waals surface area contributed by atoms with E-state index in [1.165, 1.54) is 12.1 Å². The molecule has 2 aromatic rings. The van der Waals surface area contributed by atoms with Crippen molar-refractivity contribution in [2.45, 2.75) is 24.8 Å². The molecule has 0 bridgehead atoms. The van der Waals surface area contributed by atoms with Gasteiger partial charge in [-0.3, -0.25) is 4.79 Å². The smallest absolute Gasteiger partial charge is 0.251 e. The summed E-state index contributed by atoms with van der Waals surface area (Å²) >= 11 is 5.84. The average molecular weight is 383 g/mol. The predicted octanol–water partition coefficient (Wildman–Crippen LogP) is 2.80. The quantitative estimate of drug-likeness (QED) is 0.830. The summed E-state index contributed by atoms with van der Waals surface area (Å²) in [5, 5.41) is 7.89. The summed E-state index contributed by atoms with van der Waals surface area (Å²) in [6.07, 6.45) is 0. The van der Waals surface area contributed by atoms with E-state index in [2.05, 4.69) is 5.32 Å². The summed E-state index contributed by atoms with van der Waals surface area (Å²) in [6.45, 7) is 3.75. The van der Waals surface area contributed by atoms with Gasteiger partial charge in [-0.25, -0.2) is 13.6 Å². The topological polar surface area (TPSA) is 98.5 Å². The van der Waals surface area contributed by atoms with E-state index >= 15 is 0 Å². The van der Waals surface area contributed by atoms with Crippen molar-refractivity contribution >= 4 is 27.5 Å². The number of rotatable bonds is 5. The summed E-state index contributed by atoms with van der Waals surface area (Å²) in [4.78, 5) is 12.2. The Bertz CT molecular complexity index is 913. The van der Waals surface area contributed by atoms with E-state index in [1.807, 2.05) is 32.0 Å². The molecule has 0 radical (unpaired) electrons. The van der Waals surface area contributed by atoms with Gasteiger partial charge in [0.05, 0.1) is 18.2 Å². The van der Waals surface area contributed by atoms with Crippen LogP contribution < -0.4 is 15.2 Å². The molecule has 1 atom stereocenters. The summed E-state index contributed by atoms with van der Waals surface area (Å²) in [6, 6.07) is 9.23. The van der Waals surface area contributed by atoms with E-state index in [9.17, 15) is 13.2 Å². The molecule has 0 aromatic heterocycles. The molecule has 0 heterocycles. The third-order valence-electron chi connectivity index (χ3n) is 3.70. The minimum absolute atomic E-state index is 0.0348. The van der Waals surface area contributed by atoms with Gasteiger partial charge in [0, 0.05) is 11.1 Å². The first kappa shape index (κ1) is 19.2. The highest BCUT2D eigenvalue weighted by Crippen LogP contribution is 2.27. The highest BCUT2D eigenvalue weighted by atomic mass is 35.5. The van der Waals surface area contributed by atoms with E-state index in [0.29, 0.717) is 5.75 Å². The Morgan fingerprint density at radius 2 is 1.92 bits per heavy atom. The number of sulfonamides is 1. The zero-order chi connectivity index (χ0) is 18.8. The number of hydrogen-bond donors (Lipinski definition) is 2. The molecule has 2 rings (SSSR count). The Morgan fingerprint density at radius 1 is 1.24 bits per heavy atom. The molecule has 0 aliphatic carbocycles. The van der Waals surface area contributed by atoms with E-state index in [4.69, 9.17) is 21.5 Å². The molecule has 0 saturated carbocycles. The van der Waals surface area contributed by atoms with Gasteiger partial charge in [0.2, 0.25) is 10.0 Å². The molecule has 2 aromatic carbocycles. The maximum absolute atomic E-state index is 12.5. The number of halogens is 1. The molecule has 0 aliphatic heterocycles. The fourth-order valence-corrected chi connectivity index (χ4v) is 3.48. The van der Waals surface area contributed by atoms with E-state index in [0.717, 1.165) is 17.2 Å². The molecule has 6 nitrogen and oxygen atoms in total. The Labute approximate surface area is 152 Å². The van der Waals surface area contributed by atoms with Gasteiger partial charge in [-0.05, 0) is 38.1 Å². The second-order valence-corrected chi connectivity index (χ2v) is 7.57. The zero-order valence-corrected chi connectivity index (χ0v) is 15.6. The van der Waals surface area contributed by atoms with Crippen LogP contribution in [0.15, 0.2) is 41.3 Å².